The molecule has 78 valence electrons. The molecule has 4 heteroatoms. The van der Waals surface area contributed by atoms with Crippen LogP contribution in [0.4, 0.5) is 5.95 Å². The maximum atomic E-state index is 4.35. The van der Waals surface area contributed by atoms with Crippen LogP contribution in [0.1, 0.15) is 18.2 Å². The molecule has 0 amide bonds. The van der Waals surface area contributed by atoms with Gasteiger partial charge in [-0.25, -0.2) is 9.97 Å². The van der Waals surface area contributed by atoms with Crippen LogP contribution >= 0.6 is 11.8 Å². The Bertz CT molecular complexity index is 301. The highest BCUT2D eigenvalue weighted by molar-refractivity contribution is 7.99. The zero-order valence-corrected chi connectivity index (χ0v) is 9.98. The van der Waals surface area contributed by atoms with Gasteiger partial charge in [0, 0.05) is 23.7 Å². The van der Waals surface area contributed by atoms with Gasteiger partial charge < -0.3 is 5.32 Å². The summed E-state index contributed by atoms with van der Waals surface area (Å²) < 4.78 is 0. The van der Waals surface area contributed by atoms with E-state index >= 15 is 0 Å². The molecule has 0 radical (unpaired) electrons. The number of anilines is 1. The van der Waals surface area contributed by atoms with Crippen molar-refractivity contribution < 1.29 is 0 Å². The van der Waals surface area contributed by atoms with E-state index in [2.05, 4.69) is 28.5 Å². The Hall–Kier alpha value is -0.770. The lowest BCUT2D eigenvalue weighted by Crippen LogP contribution is -2.14. The third kappa shape index (κ3) is 3.18. The topological polar surface area (TPSA) is 37.8 Å². The second kappa shape index (κ2) is 5.20. The SMILES string of the molecule is CSC(C)CNc1ncc(C)c(C)n1. The molecule has 0 spiro atoms. The molecule has 1 atom stereocenters. The van der Waals surface area contributed by atoms with Crippen LogP contribution in [0.3, 0.4) is 0 Å². The van der Waals surface area contributed by atoms with E-state index in [9.17, 15) is 0 Å². The number of rotatable bonds is 4. The molecule has 14 heavy (non-hydrogen) atoms. The number of hydrogen-bond donors (Lipinski definition) is 1. The first kappa shape index (κ1) is 11.3. The second-order valence-corrected chi connectivity index (χ2v) is 4.67. The smallest absolute Gasteiger partial charge is 0.222 e. The Labute approximate surface area is 89.7 Å². The summed E-state index contributed by atoms with van der Waals surface area (Å²) in [5.41, 5.74) is 2.17. The first-order valence-electron chi connectivity index (χ1n) is 4.70. The number of hydrogen-bond acceptors (Lipinski definition) is 4. The van der Waals surface area contributed by atoms with E-state index in [1.54, 1.807) is 0 Å². The minimum absolute atomic E-state index is 0.584. The van der Waals surface area contributed by atoms with Gasteiger partial charge in [-0.3, -0.25) is 0 Å². The van der Waals surface area contributed by atoms with Gasteiger partial charge in [0.05, 0.1) is 0 Å². The summed E-state index contributed by atoms with van der Waals surface area (Å²) in [6.45, 7) is 7.10. The Morgan fingerprint density at radius 3 is 2.79 bits per heavy atom. The molecule has 0 saturated carbocycles. The van der Waals surface area contributed by atoms with Gasteiger partial charge in [-0.2, -0.15) is 11.8 Å². The Kier molecular flexibility index (Phi) is 4.20. The molecular formula is C10H17N3S. The number of thioether (sulfide) groups is 1. The first-order chi connectivity index (χ1) is 6.63. The average molecular weight is 211 g/mol. The molecule has 0 fully saturated rings. The molecule has 0 aromatic carbocycles. The quantitative estimate of drug-likeness (QED) is 0.829. The molecule has 0 aliphatic carbocycles. The molecular weight excluding hydrogens is 194 g/mol. The van der Waals surface area contributed by atoms with Crippen molar-refractivity contribution >= 4 is 17.7 Å². The summed E-state index contributed by atoms with van der Waals surface area (Å²) in [4.78, 5) is 8.56. The van der Waals surface area contributed by atoms with Crippen molar-refractivity contribution in [3.8, 4) is 0 Å². The fraction of sp³-hybridized carbons (Fsp3) is 0.600. The minimum atomic E-state index is 0.584. The summed E-state index contributed by atoms with van der Waals surface area (Å²) in [7, 11) is 0. The van der Waals surface area contributed by atoms with E-state index in [0.29, 0.717) is 5.25 Å². The van der Waals surface area contributed by atoms with Crippen LogP contribution in [0.5, 0.6) is 0 Å². The van der Waals surface area contributed by atoms with E-state index in [0.717, 1.165) is 23.8 Å². The van der Waals surface area contributed by atoms with E-state index < -0.39 is 0 Å². The number of nitrogens with zero attached hydrogens (tertiary/aromatic N) is 2. The average Bonchev–Trinajstić information content (AvgIpc) is 2.19. The second-order valence-electron chi connectivity index (χ2n) is 3.39. The van der Waals surface area contributed by atoms with Gasteiger partial charge in [-0.1, -0.05) is 6.92 Å². The van der Waals surface area contributed by atoms with Crippen molar-refractivity contribution in [2.75, 3.05) is 18.1 Å². The molecule has 0 saturated heterocycles. The number of aromatic nitrogens is 2. The Morgan fingerprint density at radius 1 is 1.50 bits per heavy atom. The van der Waals surface area contributed by atoms with Gasteiger partial charge >= 0.3 is 0 Å². The zero-order valence-electron chi connectivity index (χ0n) is 9.16. The summed E-state index contributed by atoms with van der Waals surface area (Å²) >= 11 is 1.83. The van der Waals surface area contributed by atoms with Crippen molar-refractivity contribution in [2.45, 2.75) is 26.0 Å². The monoisotopic (exact) mass is 211 g/mol. The number of nitrogens with one attached hydrogen (secondary N) is 1. The van der Waals surface area contributed by atoms with Crippen molar-refractivity contribution in [3.05, 3.63) is 17.5 Å². The standard InChI is InChI=1S/C10H17N3S/c1-7-5-11-10(13-9(7)3)12-6-8(2)14-4/h5,8H,6H2,1-4H3,(H,11,12,13). The Morgan fingerprint density at radius 2 is 2.21 bits per heavy atom. The predicted octanol–water partition coefficient (Wildman–Crippen LogP) is 2.26. The molecule has 1 unspecified atom stereocenters. The van der Waals surface area contributed by atoms with Crippen molar-refractivity contribution in [2.24, 2.45) is 0 Å². The predicted molar refractivity (Wildman–Crippen MR) is 63.0 cm³/mol. The molecule has 3 nitrogen and oxygen atoms in total. The summed E-state index contributed by atoms with van der Waals surface area (Å²) in [6.07, 6.45) is 3.96. The van der Waals surface area contributed by atoms with Gasteiger partial charge in [-0.15, -0.1) is 0 Å². The van der Waals surface area contributed by atoms with Gasteiger partial charge in [0.2, 0.25) is 5.95 Å². The van der Waals surface area contributed by atoms with Crippen molar-refractivity contribution in [1.29, 1.82) is 0 Å². The molecule has 1 aromatic heterocycles. The van der Waals surface area contributed by atoms with Gasteiger partial charge in [0.25, 0.3) is 0 Å². The maximum Gasteiger partial charge on any atom is 0.222 e. The molecule has 1 aromatic rings. The van der Waals surface area contributed by atoms with Gasteiger partial charge in [0.15, 0.2) is 0 Å². The normalized spacial score (nSPS) is 12.6. The molecule has 1 heterocycles. The Balaban J connectivity index is 2.55. The third-order valence-corrected chi connectivity index (χ3v) is 3.15. The summed E-state index contributed by atoms with van der Waals surface area (Å²) in [5, 5.41) is 3.80. The number of aryl methyl sites for hydroxylation is 2. The molecule has 0 bridgehead atoms. The fourth-order valence-electron chi connectivity index (χ4n) is 0.931. The highest BCUT2D eigenvalue weighted by Crippen LogP contribution is 2.08. The van der Waals surface area contributed by atoms with Crippen molar-refractivity contribution in [3.63, 3.8) is 0 Å². The van der Waals surface area contributed by atoms with Crippen LogP contribution < -0.4 is 5.32 Å². The lowest BCUT2D eigenvalue weighted by molar-refractivity contribution is 0.957. The molecule has 1 N–H and O–H groups in total. The van der Waals surface area contributed by atoms with Crippen LogP contribution in [-0.4, -0.2) is 28.0 Å². The summed E-state index contributed by atoms with van der Waals surface area (Å²) in [6, 6.07) is 0. The van der Waals surface area contributed by atoms with Gasteiger partial charge in [-0.05, 0) is 25.7 Å². The zero-order chi connectivity index (χ0) is 10.6. The minimum Gasteiger partial charge on any atom is -0.353 e. The summed E-state index contributed by atoms with van der Waals surface area (Å²) in [5.74, 6) is 0.731. The van der Waals surface area contributed by atoms with E-state index in [1.807, 2.05) is 31.8 Å². The highest BCUT2D eigenvalue weighted by Gasteiger charge is 2.02. The van der Waals surface area contributed by atoms with E-state index in [1.165, 1.54) is 0 Å². The van der Waals surface area contributed by atoms with Crippen molar-refractivity contribution in [1.82, 2.24) is 9.97 Å². The largest absolute Gasteiger partial charge is 0.353 e. The third-order valence-electron chi connectivity index (χ3n) is 2.17. The van der Waals surface area contributed by atoms with Gasteiger partial charge in [0.1, 0.15) is 0 Å². The fourth-order valence-corrected chi connectivity index (χ4v) is 1.18. The van der Waals surface area contributed by atoms with Crippen LogP contribution in [0, 0.1) is 13.8 Å². The highest BCUT2D eigenvalue weighted by atomic mass is 32.2. The lowest BCUT2D eigenvalue weighted by atomic mass is 10.3. The van der Waals surface area contributed by atoms with E-state index in [-0.39, 0.29) is 0 Å². The maximum absolute atomic E-state index is 4.35. The van der Waals surface area contributed by atoms with Crippen LogP contribution in [-0.2, 0) is 0 Å². The molecule has 0 aliphatic rings. The molecule has 1 rings (SSSR count). The van der Waals surface area contributed by atoms with Crippen LogP contribution in [0.2, 0.25) is 0 Å². The first-order valence-corrected chi connectivity index (χ1v) is 5.99. The lowest BCUT2D eigenvalue weighted by Gasteiger charge is -2.10. The molecule has 0 aliphatic heterocycles. The van der Waals surface area contributed by atoms with Crippen LogP contribution in [0.25, 0.3) is 0 Å². The van der Waals surface area contributed by atoms with Crippen LogP contribution in [0.15, 0.2) is 6.20 Å². The van der Waals surface area contributed by atoms with E-state index in [4.69, 9.17) is 0 Å².